The van der Waals surface area contributed by atoms with Gasteiger partial charge in [0.15, 0.2) is 9.04 Å². The minimum Gasteiger partial charge on any atom is -0.435 e. The second-order valence-electron chi connectivity index (χ2n) is 2.87. The maximum atomic E-state index is 9.03. The van der Waals surface area contributed by atoms with Gasteiger partial charge in [-0.25, -0.2) is 0 Å². The topological polar surface area (TPSA) is 53.2 Å². The summed E-state index contributed by atoms with van der Waals surface area (Å²) in [5.74, 6) is 0. The fourth-order valence-corrected chi connectivity index (χ4v) is 1.59. The molecule has 0 aliphatic heterocycles. The number of rotatable bonds is 7. The molecule has 0 bridgehead atoms. The van der Waals surface area contributed by atoms with Crippen molar-refractivity contribution in [2.45, 2.75) is 31.9 Å². The first-order valence-electron chi connectivity index (χ1n) is 4.40. The van der Waals surface area contributed by atoms with Crippen molar-refractivity contribution in [2.75, 3.05) is 13.2 Å². The summed E-state index contributed by atoms with van der Waals surface area (Å²) in [6, 6.07) is 2.99. The van der Waals surface area contributed by atoms with Crippen LogP contribution in [0.2, 0.25) is 12.6 Å². The highest BCUT2D eigenvalue weighted by Gasteiger charge is 1.97. The van der Waals surface area contributed by atoms with Gasteiger partial charge < -0.3 is 9.53 Å². The van der Waals surface area contributed by atoms with Crippen LogP contribution >= 0.6 is 0 Å². The van der Waals surface area contributed by atoms with Gasteiger partial charge in [0.25, 0.3) is 0 Å². The molecule has 1 atom stereocenters. The second kappa shape index (κ2) is 8.72. The molecule has 70 valence electrons. The highest BCUT2D eigenvalue weighted by Crippen LogP contribution is 1.96. The molecule has 3 nitrogen and oxygen atoms in total. The predicted molar refractivity (Wildman–Crippen MR) is 50.3 cm³/mol. The monoisotopic (exact) mass is 187 g/mol. The molecule has 0 spiro atoms. The minimum atomic E-state index is -1.37. The first-order valence-corrected chi connectivity index (χ1v) is 6.89. The van der Waals surface area contributed by atoms with Gasteiger partial charge >= 0.3 is 0 Å². The Morgan fingerprint density at radius 2 is 2.08 bits per heavy atom. The Kier molecular flexibility index (Phi) is 8.45. The summed E-state index contributed by atoms with van der Waals surface area (Å²) in [7, 11) is -1.37. The Hall–Kier alpha value is -0.373. The first kappa shape index (κ1) is 11.6. The van der Waals surface area contributed by atoms with Crippen molar-refractivity contribution < 1.29 is 9.53 Å². The lowest BCUT2D eigenvalue weighted by atomic mass is 10.3. The van der Waals surface area contributed by atoms with E-state index < -0.39 is 9.04 Å². The smallest absolute Gasteiger partial charge is 0.169 e. The number of hydrogen-bond acceptors (Lipinski definition) is 3. The van der Waals surface area contributed by atoms with Gasteiger partial charge in [-0.15, -0.1) is 0 Å². The normalized spacial score (nSPS) is 12.4. The van der Waals surface area contributed by atoms with E-state index in [-0.39, 0.29) is 0 Å². The molecule has 0 aromatic carbocycles. The first-order chi connectivity index (χ1) is 5.77. The van der Waals surface area contributed by atoms with Crippen LogP contribution in [0.15, 0.2) is 0 Å². The Bertz CT molecular complexity index is 134. The third-order valence-corrected chi connectivity index (χ3v) is 2.73. The number of nitriles is 1. The van der Waals surface area contributed by atoms with Crippen molar-refractivity contribution >= 4 is 9.04 Å². The molecule has 0 radical (unpaired) electrons. The molecule has 0 rings (SSSR count). The van der Waals surface area contributed by atoms with E-state index in [1.807, 2.05) is 6.55 Å². The van der Waals surface area contributed by atoms with E-state index >= 15 is 0 Å². The van der Waals surface area contributed by atoms with Crippen LogP contribution in [0.5, 0.6) is 0 Å². The average molecular weight is 187 g/mol. The predicted octanol–water partition coefficient (Wildman–Crippen LogP) is 1.04. The van der Waals surface area contributed by atoms with E-state index in [0.29, 0.717) is 13.0 Å². The zero-order valence-electron chi connectivity index (χ0n) is 7.62. The Balaban J connectivity index is 2.87. The number of hydrogen-bond donors (Lipinski definition) is 1. The van der Waals surface area contributed by atoms with Crippen molar-refractivity contribution in [3.8, 4) is 6.07 Å². The van der Waals surface area contributed by atoms with Gasteiger partial charge in [0.1, 0.15) is 0 Å². The maximum absolute atomic E-state index is 9.03. The van der Waals surface area contributed by atoms with Crippen LogP contribution < -0.4 is 0 Å². The van der Waals surface area contributed by atoms with Gasteiger partial charge in [0, 0.05) is 19.6 Å². The number of nitrogens with zero attached hydrogens (tertiary/aromatic N) is 1. The molecule has 0 fully saturated rings. The van der Waals surface area contributed by atoms with Crippen LogP contribution in [-0.2, 0) is 4.74 Å². The van der Waals surface area contributed by atoms with Crippen LogP contribution in [0.4, 0.5) is 0 Å². The highest BCUT2D eigenvalue weighted by molar-refractivity contribution is 6.48. The molecule has 1 N–H and O–H groups in total. The van der Waals surface area contributed by atoms with Crippen molar-refractivity contribution in [1.29, 1.82) is 5.26 Å². The molecule has 1 unspecified atom stereocenters. The third kappa shape index (κ3) is 9.63. The summed E-state index contributed by atoms with van der Waals surface area (Å²) in [4.78, 5) is 9.03. The van der Waals surface area contributed by atoms with Gasteiger partial charge in [-0.1, -0.05) is 0 Å². The van der Waals surface area contributed by atoms with Crippen molar-refractivity contribution in [2.24, 2.45) is 0 Å². The lowest BCUT2D eigenvalue weighted by Gasteiger charge is -2.03. The summed E-state index contributed by atoms with van der Waals surface area (Å²) in [6.45, 7) is 3.31. The Labute approximate surface area is 75.7 Å². The zero-order valence-corrected chi connectivity index (χ0v) is 8.78. The van der Waals surface area contributed by atoms with E-state index in [2.05, 4.69) is 6.07 Å². The van der Waals surface area contributed by atoms with Gasteiger partial charge in [-0.05, 0) is 25.4 Å². The quantitative estimate of drug-likeness (QED) is 0.478. The molecule has 0 heterocycles. The molecule has 0 saturated carbocycles. The maximum Gasteiger partial charge on any atom is 0.169 e. The second-order valence-corrected chi connectivity index (χ2v) is 5.14. The minimum absolute atomic E-state index is 0.575. The van der Waals surface area contributed by atoms with Gasteiger partial charge in [-0.2, -0.15) is 5.26 Å². The molecule has 12 heavy (non-hydrogen) atoms. The lowest BCUT2D eigenvalue weighted by molar-refractivity contribution is 0.133. The van der Waals surface area contributed by atoms with Crippen LogP contribution in [-0.4, -0.2) is 27.0 Å². The third-order valence-electron chi connectivity index (χ3n) is 1.49. The summed E-state index contributed by atoms with van der Waals surface area (Å²) >= 11 is 0. The largest absolute Gasteiger partial charge is 0.435 e. The van der Waals surface area contributed by atoms with Gasteiger partial charge in [0.05, 0.1) is 6.07 Å². The number of ether oxygens (including phenoxy) is 1. The summed E-state index contributed by atoms with van der Waals surface area (Å²) in [5, 5.41) is 8.21. The summed E-state index contributed by atoms with van der Waals surface area (Å²) < 4.78 is 5.25. The van der Waals surface area contributed by atoms with Crippen molar-refractivity contribution in [3.05, 3.63) is 0 Å². The van der Waals surface area contributed by atoms with Crippen LogP contribution in [0, 0.1) is 11.3 Å². The van der Waals surface area contributed by atoms with Gasteiger partial charge in [-0.3, -0.25) is 0 Å². The van der Waals surface area contributed by atoms with Crippen molar-refractivity contribution in [3.63, 3.8) is 0 Å². The van der Waals surface area contributed by atoms with Crippen LogP contribution in [0.25, 0.3) is 0 Å². The van der Waals surface area contributed by atoms with E-state index in [9.17, 15) is 0 Å². The molecule has 0 saturated heterocycles. The van der Waals surface area contributed by atoms with Crippen molar-refractivity contribution in [1.82, 2.24) is 0 Å². The van der Waals surface area contributed by atoms with E-state index in [0.717, 1.165) is 25.5 Å². The molecular formula is C8H17NO2Si. The molecule has 0 aromatic rings. The molecule has 0 aliphatic rings. The number of unbranched alkanes of at least 4 members (excludes halogenated alkanes) is 1. The zero-order chi connectivity index (χ0) is 9.23. The fourth-order valence-electron chi connectivity index (χ4n) is 0.836. The van der Waals surface area contributed by atoms with E-state index in [4.69, 9.17) is 14.8 Å². The average Bonchev–Trinajstić information content (AvgIpc) is 2.02. The van der Waals surface area contributed by atoms with E-state index in [1.54, 1.807) is 0 Å². The van der Waals surface area contributed by atoms with Crippen LogP contribution in [0.3, 0.4) is 0 Å². The summed E-state index contributed by atoms with van der Waals surface area (Å²) in [6.07, 6.45) is 2.35. The lowest BCUT2D eigenvalue weighted by Crippen LogP contribution is -2.06. The molecule has 0 aromatic heterocycles. The van der Waals surface area contributed by atoms with Crippen LogP contribution in [0.1, 0.15) is 19.3 Å². The standard InChI is InChI=1S/C8H17NO2Si/c1-12(10)8-4-7-11-6-3-2-5-9/h10,12H,2-4,6-8H2,1H3. The fraction of sp³-hybridized carbons (Fsp3) is 0.875. The Morgan fingerprint density at radius 1 is 1.42 bits per heavy atom. The molecule has 4 heteroatoms. The summed E-state index contributed by atoms with van der Waals surface area (Å²) in [5.41, 5.74) is 0. The molecule has 0 amide bonds. The molecule has 0 aliphatic carbocycles. The Morgan fingerprint density at radius 3 is 2.67 bits per heavy atom. The van der Waals surface area contributed by atoms with E-state index in [1.165, 1.54) is 0 Å². The molecular weight excluding hydrogens is 170 g/mol. The SMILES string of the molecule is C[SiH](O)CCCOCCCC#N. The van der Waals surface area contributed by atoms with Gasteiger partial charge in [0.2, 0.25) is 0 Å². The highest BCUT2D eigenvalue weighted by atomic mass is 28.3.